The van der Waals surface area contributed by atoms with Crippen molar-refractivity contribution < 1.29 is 0 Å². The van der Waals surface area contributed by atoms with Gasteiger partial charge in [-0.3, -0.25) is 5.10 Å². The van der Waals surface area contributed by atoms with Crippen molar-refractivity contribution in [3.63, 3.8) is 0 Å². The molecule has 68 valence electrons. The molecule has 2 N–H and O–H groups in total. The van der Waals surface area contributed by atoms with Crippen LogP contribution in [-0.4, -0.2) is 15.2 Å². The zero-order valence-electron chi connectivity index (χ0n) is 7.24. The maximum Gasteiger partial charge on any atom is 0.0898 e. The van der Waals surface area contributed by atoms with Crippen molar-refractivity contribution in [3.8, 4) is 0 Å². The lowest BCUT2D eigenvalue weighted by Gasteiger charge is -1.98. The number of nitrogens with zero attached hydrogens (tertiary/aromatic N) is 2. The van der Waals surface area contributed by atoms with E-state index in [0.29, 0.717) is 0 Å². The fourth-order valence-electron chi connectivity index (χ4n) is 1.03. The van der Waals surface area contributed by atoms with E-state index in [1.165, 1.54) is 0 Å². The Hall–Kier alpha value is -1.36. The summed E-state index contributed by atoms with van der Waals surface area (Å²) in [6.07, 6.45) is 3.57. The van der Waals surface area contributed by atoms with Gasteiger partial charge in [-0.2, -0.15) is 5.10 Å². The zero-order chi connectivity index (χ0) is 9.10. The number of hydrogen-bond donors (Lipinski definition) is 2. The molecule has 0 aliphatic carbocycles. The molecule has 0 saturated heterocycles. The molecule has 2 heterocycles. The number of rotatable bonds is 3. The number of hydrogen-bond acceptors (Lipinski definition) is 4. The van der Waals surface area contributed by atoms with Crippen LogP contribution < -0.4 is 5.32 Å². The van der Waals surface area contributed by atoms with Crippen molar-refractivity contribution in [2.75, 3.05) is 5.32 Å². The van der Waals surface area contributed by atoms with Gasteiger partial charge in [0.2, 0.25) is 0 Å². The van der Waals surface area contributed by atoms with Crippen LogP contribution in [0, 0.1) is 6.92 Å². The van der Waals surface area contributed by atoms with Crippen LogP contribution in [0.4, 0.5) is 5.69 Å². The van der Waals surface area contributed by atoms with Crippen LogP contribution in [0.2, 0.25) is 0 Å². The van der Waals surface area contributed by atoms with E-state index in [1.807, 2.05) is 13.1 Å². The molecular weight excluding hydrogens is 184 g/mol. The van der Waals surface area contributed by atoms with Crippen LogP contribution in [0.3, 0.4) is 0 Å². The van der Waals surface area contributed by atoms with Gasteiger partial charge in [-0.05, 0) is 6.92 Å². The molecule has 0 radical (unpaired) electrons. The van der Waals surface area contributed by atoms with Gasteiger partial charge in [0, 0.05) is 11.6 Å². The van der Waals surface area contributed by atoms with E-state index in [9.17, 15) is 0 Å². The quantitative estimate of drug-likeness (QED) is 0.783. The second kappa shape index (κ2) is 3.57. The van der Waals surface area contributed by atoms with E-state index in [1.54, 1.807) is 17.5 Å². The summed E-state index contributed by atoms with van der Waals surface area (Å²) in [6.45, 7) is 2.76. The van der Waals surface area contributed by atoms with Gasteiger partial charge >= 0.3 is 0 Å². The number of nitrogens with one attached hydrogen (secondary N) is 2. The standard InChI is InChI=1S/C8H10N4S/c1-6-12-8(5-13-6)2-9-7-3-10-11-4-7/h3-5,9H,2H2,1H3,(H,10,11). The van der Waals surface area contributed by atoms with E-state index in [-0.39, 0.29) is 0 Å². The zero-order valence-corrected chi connectivity index (χ0v) is 8.06. The van der Waals surface area contributed by atoms with Gasteiger partial charge in [-0.25, -0.2) is 4.98 Å². The molecular formula is C8H10N4S. The normalized spacial score (nSPS) is 10.2. The van der Waals surface area contributed by atoms with E-state index in [0.717, 1.165) is 22.9 Å². The number of anilines is 1. The molecule has 0 saturated carbocycles. The maximum atomic E-state index is 4.34. The number of aromatic amines is 1. The highest BCUT2D eigenvalue weighted by Gasteiger charge is 1.97. The number of H-pyrrole nitrogens is 1. The van der Waals surface area contributed by atoms with Crippen LogP contribution >= 0.6 is 11.3 Å². The Balaban J connectivity index is 1.93. The van der Waals surface area contributed by atoms with Gasteiger partial charge in [0.15, 0.2) is 0 Å². The molecule has 5 heteroatoms. The lowest BCUT2D eigenvalue weighted by atomic mass is 10.4. The van der Waals surface area contributed by atoms with E-state index in [2.05, 4.69) is 25.9 Å². The third-order valence-corrected chi connectivity index (χ3v) is 2.46. The molecule has 0 aromatic carbocycles. The summed E-state index contributed by atoms with van der Waals surface area (Å²) < 4.78 is 0. The van der Waals surface area contributed by atoms with Gasteiger partial charge in [-0.15, -0.1) is 11.3 Å². The average molecular weight is 194 g/mol. The highest BCUT2D eigenvalue weighted by Crippen LogP contribution is 2.10. The second-order valence-corrected chi connectivity index (χ2v) is 3.76. The molecule has 0 bridgehead atoms. The number of thiazole rings is 1. The summed E-state index contributed by atoms with van der Waals surface area (Å²) in [5, 5.41) is 12.9. The Morgan fingerprint density at radius 1 is 1.62 bits per heavy atom. The lowest BCUT2D eigenvalue weighted by Crippen LogP contribution is -1.98. The Morgan fingerprint density at radius 2 is 2.54 bits per heavy atom. The third-order valence-electron chi connectivity index (χ3n) is 1.64. The van der Waals surface area contributed by atoms with Crippen LogP contribution in [0.25, 0.3) is 0 Å². The minimum atomic E-state index is 0.754. The van der Waals surface area contributed by atoms with Crippen LogP contribution in [0.1, 0.15) is 10.7 Å². The van der Waals surface area contributed by atoms with Crippen molar-refractivity contribution in [2.45, 2.75) is 13.5 Å². The summed E-state index contributed by atoms with van der Waals surface area (Å²) in [7, 11) is 0. The Labute approximate surface area is 80.0 Å². The van der Waals surface area contributed by atoms with Gasteiger partial charge < -0.3 is 5.32 Å². The van der Waals surface area contributed by atoms with Crippen molar-refractivity contribution >= 4 is 17.0 Å². The average Bonchev–Trinajstić information content (AvgIpc) is 2.71. The van der Waals surface area contributed by atoms with Gasteiger partial charge in [0.05, 0.1) is 29.1 Å². The topological polar surface area (TPSA) is 53.6 Å². The summed E-state index contributed by atoms with van der Waals surface area (Å²) in [6, 6.07) is 0. The minimum absolute atomic E-state index is 0.754. The van der Waals surface area contributed by atoms with E-state index in [4.69, 9.17) is 0 Å². The Kier molecular flexibility index (Phi) is 2.27. The molecule has 0 spiro atoms. The molecule has 0 fully saturated rings. The first kappa shape index (κ1) is 8.25. The van der Waals surface area contributed by atoms with Gasteiger partial charge in [0.1, 0.15) is 0 Å². The summed E-state index contributed by atoms with van der Waals surface area (Å²) in [4.78, 5) is 4.34. The monoisotopic (exact) mass is 194 g/mol. The Bertz CT molecular complexity index is 365. The molecule has 0 aliphatic rings. The molecule has 2 aromatic rings. The molecule has 0 aliphatic heterocycles. The fraction of sp³-hybridized carbons (Fsp3) is 0.250. The maximum absolute atomic E-state index is 4.34. The summed E-state index contributed by atoms with van der Waals surface area (Å²) in [5.41, 5.74) is 2.06. The second-order valence-electron chi connectivity index (χ2n) is 2.70. The summed E-state index contributed by atoms with van der Waals surface area (Å²) in [5.74, 6) is 0. The molecule has 0 atom stereocenters. The minimum Gasteiger partial charge on any atom is -0.377 e. The fourth-order valence-corrected chi connectivity index (χ4v) is 1.64. The first-order valence-corrected chi connectivity index (χ1v) is 4.86. The lowest BCUT2D eigenvalue weighted by molar-refractivity contribution is 1.06. The predicted molar refractivity (Wildman–Crippen MR) is 52.8 cm³/mol. The molecule has 2 rings (SSSR count). The smallest absolute Gasteiger partial charge is 0.0898 e. The van der Waals surface area contributed by atoms with E-state index < -0.39 is 0 Å². The van der Waals surface area contributed by atoms with Crippen molar-refractivity contribution in [2.24, 2.45) is 0 Å². The van der Waals surface area contributed by atoms with Gasteiger partial charge in [-0.1, -0.05) is 0 Å². The largest absolute Gasteiger partial charge is 0.377 e. The molecule has 4 nitrogen and oxygen atoms in total. The molecule has 0 amide bonds. The third kappa shape index (κ3) is 2.06. The van der Waals surface area contributed by atoms with Crippen LogP contribution in [0.15, 0.2) is 17.8 Å². The van der Waals surface area contributed by atoms with Gasteiger partial charge in [0.25, 0.3) is 0 Å². The predicted octanol–water partition coefficient (Wildman–Crippen LogP) is 1.79. The molecule has 0 unspecified atom stereocenters. The van der Waals surface area contributed by atoms with Crippen LogP contribution in [-0.2, 0) is 6.54 Å². The van der Waals surface area contributed by atoms with Crippen molar-refractivity contribution in [3.05, 3.63) is 28.5 Å². The highest BCUT2D eigenvalue weighted by atomic mass is 32.1. The molecule has 13 heavy (non-hydrogen) atoms. The van der Waals surface area contributed by atoms with Crippen molar-refractivity contribution in [1.82, 2.24) is 15.2 Å². The first-order chi connectivity index (χ1) is 6.34. The SMILES string of the molecule is Cc1nc(CNc2cn[nH]c2)cs1. The number of aryl methyl sites for hydroxylation is 1. The Morgan fingerprint density at radius 3 is 3.15 bits per heavy atom. The highest BCUT2D eigenvalue weighted by molar-refractivity contribution is 7.09. The number of aromatic nitrogens is 3. The molecule has 2 aromatic heterocycles. The first-order valence-electron chi connectivity index (χ1n) is 3.98. The summed E-state index contributed by atoms with van der Waals surface area (Å²) >= 11 is 1.67. The van der Waals surface area contributed by atoms with E-state index >= 15 is 0 Å². The van der Waals surface area contributed by atoms with Crippen molar-refractivity contribution in [1.29, 1.82) is 0 Å². The van der Waals surface area contributed by atoms with Crippen LogP contribution in [0.5, 0.6) is 0 Å².